The standard InChI is InChI=1S/C19H25NO3/c1-15(2)14-23-19-7-5-4-6-18(19)20-12-13-22-17-10-8-16(21-3)9-11-17/h4-11,15,20H,12-14H2,1-3H3. The fraction of sp³-hybridized carbons (Fsp3) is 0.368. The van der Waals surface area contributed by atoms with Crippen molar-refractivity contribution in [3.05, 3.63) is 48.5 Å². The van der Waals surface area contributed by atoms with Gasteiger partial charge in [0.2, 0.25) is 0 Å². The summed E-state index contributed by atoms with van der Waals surface area (Å²) in [5.74, 6) is 3.04. The highest BCUT2D eigenvalue weighted by Gasteiger charge is 2.03. The van der Waals surface area contributed by atoms with Crippen molar-refractivity contribution in [3.63, 3.8) is 0 Å². The topological polar surface area (TPSA) is 39.7 Å². The molecule has 0 radical (unpaired) electrons. The van der Waals surface area contributed by atoms with Crippen LogP contribution in [0.3, 0.4) is 0 Å². The number of hydrogen-bond donors (Lipinski definition) is 1. The molecule has 0 spiro atoms. The Morgan fingerprint density at radius 1 is 0.913 bits per heavy atom. The van der Waals surface area contributed by atoms with E-state index in [0.717, 1.165) is 22.9 Å². The third-order valence-corrected chi connectivity index (χ3v) is 3.20. The Morgan fingerprint density at radius 3 is 2.30 bits per heavy atom. The van der Waals surface area contributed by atoms with E-state index in [1.54, 1.807) is 7.11 Å². The van der Waals surface area contributed by atoms with Crippen LogP contribution in [0.25, 0.3) is 0 Å². The van der Waals surface area contributed by atoms with Crippen LogP contribution in [0.2, 0.25) is 0 Å². The molecule has 2 aromatic carbocycles. The lowest BCUT2D eigenvalue weighted by Gasteiger charge is -2.14. The van der Waals surface area contributed by atoms with E-state index >= 15 is 0 Å². The molecule has 0 aliphatic heterocycles. The molecule has 0 saturated carbocycles. The fourth-order valence-electron chi connectivity index (χ4n) is 2.02. The number of hydrogen-bond acceptors (Lipinski definition) is 4. The van der Waals surface area contributed by atoms with E-state index in [2.05, 4.69) is 19.2 Å². The molecule has 0 saturated heterocycles. The zero-order valence-corrected chi connectivity index (χ0v) is 14.0. The van der Waals surface area contributed by atoms with Crippen LogP contribution >= 0.6 is 0 Å². The highest BCUT2D eigenvalue weighted by Crippen LogP contribution is 2.24. The molecule has 2 rings (SSSR count). The number of nitrogens with one attached hydrogen (secondary N) is 1. The molecule has 0 unspecified atom stereocenters. The average Bonchev–Trinajstić information content (AvgIpc) is 2.58. The quantitative estimate of drug-likeness (QED) is 0.703. The number of ether oxygens (including phenoxy) is 3. The summed E-state index contributed by atoms with van der Waals surface area (Å²) in [7, 11) is 1.65. The Labute approximate surface area is 138 Å². The van der Waals surface area contributed by atoms with Gasteiger partial charge in [-0.05, 0) is 42.3 Å². The molecule has 0 bridgehead atoms. The van der Waals surface area contributed by atoms with Crippen molar-refractivity contribution in [2.24, 2.45) is 5.92 Å². The summed E-state index contributed by atoms with van der Waals surface area (Å²) in [6.07, 6.45) is 0. The van der Waals surface area contributed by atoms with E-state index in [1.807, 2.05) is 48.5 Å². The third-order valence-electron chi connectivity index (χ3n) is 3.20. The predicted molar refractivity (Wildman–Crippen MR) is 93.8 cm³/mol. The normalized spacial score (nSPS) is 10.4. The maximum absolute atomic E-state index is 5.82. The largest absolute Gasteiger partial charge is 0.497 e. The molecule has 1 N–H and O–H groups in total. The van der Waals surface area contributed by atoms with Crippen LogP contribution in [-0.2, 0) is 0 Å². The van der Waals surface area contributed by atoms with E-state index in [1.165, 1.54) is 0 Å². The third kappa shape index (κ3) is 5.74. The first-order valence-corrected chi connectivity index (χ1v) is 7.91. The minimum Gasteiger partial charge on any atom is -0.497 e. The molecular weight excluding hydrogens is 290 g/mol. The van der Waals surface area contributed by atoms with Crippen molar-refractivity contribution in [3.8, 4) is 17.2 Å². The van der Waals surface area contributed by atoms with Gasteiger partial charge in [0.15, 0.2) is 0 Å². The van der Waals surface area contributed by atoms with Crippen molar-refractivity contribution in [1.29, 1.82) is 0 Å². The molecule has 2 aromatic rings. The minimum absolute atomic E-state index is 0.501. The maximum Gasteiger partial charge on any atom is 0.142 e. The first-order chi connectivity index (χ1) is 11.2. The van der Waals surface area contributed by atoms with Gasteiger partial charge in [0.25, 0.3) is 0 Å². The summed E-state index contributed by atoms with van der Waals surface area (Å²) in [6.45, 7) is 6.26. The van der Waals surface area contributed by atoms with E-state index in [-0.39, 0.29) is 0 Å². The fourth-order valence-corrected chi connectivity index (χ4v) is 2.02. The molecular formula is C19H25NO3. The Morgan fingerprint density at radius 2 is 1.61 bits per heavy atom. The second-order valence-electron chi connectivity index (χ2n) is 5.65. The van der Waals surface area contributed by atoms with E-state index in [0.29, 0.717) is 25.7 Å². The van der Waals surface area contributed by atoms with Crippen LogP contribution in [0, 0.1) is 5.92 Å². The van der Waals surface area contributed by atoms with Crippen molar-refractivity contribution in [2.75, 3.05) is 32.2 Å². The molecule has 4 nitrogen and oxygen atoms in total. The average molecular weight is 315 g/mol. The van der Waals surface area contributed by atoms with Gasteiger partial charge < -0.3 is 19.5 Å². The van der Waals surface area contributed by atoms with Gasteiger partial charge in [-0.15, -0.1) is 0 Å². The van der Waals surface area contributed by atoms with Crippen LogP contribution in [0.1, 0.15) is 13.8 Å². The van der Waals surface area contributed by atoms with Crippen molar-refractivity contribution in [1.82, 2.24) is 0 Å². The van der Waals surface area contributed by atoms with Crippen LogP contribution in [0.5, 0.6) is 17.2 Å². The van der Waals surface area contributed by atoms with Gasteiger partial charge in [-0.1, -0.05) is 26.0 Å². The van der Waals surface area contributed by atoms with Crippen molar-refractivity contribution >= 4 is 5.69 Å². The summed E-state index contributed by atoms with van der Waals surface area (Å²) in [5.41, 5.74) is 0.992. The van der Waals surface area contributed by atoms with E-state index in [4.69, 9.17) is 14.2 Å². The molecule has 124 valence electrons. The van der Waals surface area contributed by atoms with Crippen molar-refractivity contribution < 1.29 is 14.2 Å². The summed E-state index contributed by atoms with van der Waals surface area (Å²) >= 11 is 0. The van der Waals surface area contributed by atoms with Crippen LogP contribution in [-0.4, -0.2) is 26.9 Å². The number of anilines is 1. The molecule has 0 amide bonds. The van der Waals surface area contributed by atoms with Gasteiger partial charge in [-0.2, -0.15) is 0 Å². The van der Waals surface area contributed by atoms with Gasteiger partial charge >= 0.3 is 0 Å². The van der Waals surface area contributed by atoms with E-state index in [9.17, 15) is 0 Å². The van der Waals surface area contributed by atoms with Gasteiger partial charge in [0, 0.05) is 6.54 Å². The van der Waals surface area contributed by atoms with Crippen molar-refractivity contribution in [2.45, 2.75) is 13.8 Å². The first-order valence-electron chi connectivity index (χ1n) is 7.91. The summed E-state index contributed by atoms with van der Waals surface area (Å²) < 4.78 is 16.7. The number of methoxy groups -OCH3 is 1. The molecule has 0 aliphatic rings. The van der Waals surface area contributed by atoms with Crippen LogP contribution in [0.4, 0.5) is 5.69 Å². The van der Waals surface area contributed by atoms with Crippen LogP contribution < -0.4 is 19.5 Å². The highest BCUT2D eigenvalue weighted by molar-refractivity contribution is 5.56. The second kappa shape index (κ2) is 8.93. The van der Waals surface area contributed by atoms with E-state index < -0.39 is 0 Å². The second-order valence-corrected chi connectivity index (χ2v) is 5.65. The lowest BCUT2D eigenvalue weighted by molar-refractivity contribution is 0.272. The number of para-hydroxylation sites is 2. The minimum atomic E-state index is 0.501. The van der Waals surface area contributed by atoms with Gasteiger partial charge in [0.1, 0.15) is 23.9 Å². The Kier molecular flexibility index (Phi) is 6.60. The van der Waals surface area contributed by atoms with Crippen LogP contribution in [0.15, 0.2) is 48.5 Å². The lowest BCUT2D eigenvalue weighted by atomic mass is 10.2. The summed E-state index contributed by atoms with van der Waals surface area (Å²) in [5, 5.41) is 3.36. The molecule has 0 aliphatic carbocycles. The molecule has 0 atom stereocenters. The Bertz CT molecular complexity index is 581. The molecule has 0 aromatic heterocycles. The number of benzene rings is 2. The smallest absolute Gasteiger partial charge is 0.142 e. The van der Waals surface area contributed by atoms with Gasteiger partial charge in [-0.25, -0.2) is 0 Å². The number of rotatable bonds is 9. The molecule has 0 fully saturated rings. The maximum atomic E-state index is 5.82. The summed E-state index contributed by atoms with van der Waals surface area (Å²) in [4.78, 5) is 0. The molecule has 0 heterocycles. The zero-order chi connectivity index (χ0) is 16.5. The Hall–Kier alpha value is -2.36. The van der Waals surface area contributed by atoms with Gasteiger partial charge in [0.05, 0.1) is 19.4 Å². The predicted octanol–water partition coefficient (Wildman–Crippen LogP) is 4.22. The molecule has 23 heavy (non-hydrogen) atoms. The Balaban J connectivity index is 1.79. The first kappa shape index (κ1) is 17.0. The lowest BCUT2D eigenvalue weighted by Crippen LogP contribution is -2.13. The monoisotopic (exact) mass is 315 g/mol. The SMILES string of the molecule is COc1ccc(OCCNc2ccccc2OCC(C)C)cc1. The van der Waals surface area contributed by atoms with Gasteiger partial charge in [-0.3, -0.25) is 0 Å². The molecule has 4 heteroatoms. The summed E-state index contributed by atoms with van der Waals surface area (Å²) in [6, 6.07) is 15.5. The highest BCUT2D eigenvalue weighted by atomic mass is 16.5. The zero-order valence-electron chi connectivity index (χ0n) is 14.0.